The van der Waals surface area contributed by atoms with Crippen molar-refractivity contribution in [1.82, 2.24) is 15.1 Å². The van der Waals surface area contributed by atoms with Crippen molar-refractivity contribution in [3.8, 4) is 0 Å². The third kappa shape index (κ3) is 2.81. The van der Waals surface area contributed by atoms with Crippen LogP contribution in [0.2, 0.25) is 0 Å². The third-order valence-corrected chi connectivity index (χ3v) is 3.16. The fourth-order valence-electron chi connectivity index (χ4n) is 2.17. The van der Waals surface area contributed by atoms with Crippen LogP contribution in [0, 0.1) is 25.5 Å². The van der Waals surface area contributed by atoms with Crippen molar-refractivity contribution in [3.05, 3.63) is 52.9 Å². The summed E-state index contributed by atoms with van der Waals surface area (Å²) in [4.78, 5) is 0. The maximum absolute atomic E-state index is 13.8. The van der Waals surface area contributed by atoms with Crippen LogP contribution < -0.4 is 5.32 Å². The van der Waals surface area contributed by atoms with Crippen molar-refractivity contribution < 1.29 is 8.78 Å². The first-order chi connectivity index (χ1) is 9.02. The summed E-state index contributed by atoms with van der Waals surface area (Å²) in [6, 6.07) is 5.85. The van der Waals surface area contributed by atoms with E-state index in [0.29, 0.717) is 12.1 Å². The van der Waals surface area contributed by atoms with E-state index >= 15 is 0 Å². The average molecular weight is 265 g/mol. The molecule has 102 valence electrons. The zero-order valence-corrected chi connectivity index (χ0v) is 11.2. The van der Waals surface area contributed by atoms with Crippen LogP contribution in [0.1, 0.15) is 23.0 Å². The van der Waals surface area contributed by atoms with Crippen molar-refractivity contribution in [2.24, 2.45) is 0 Å². The van der Waals surface area contributed by atoms with Gasteiger partial charge in [-0.15, -0.1) is 0 Å². The van der Waals surface area contributed by atoms with Gasteiger partial charge >= 0.3 is 0 Å². The van der Waals surface area contributed by atoms with E-state index in [0.717, 1.165) is 17.5 Å². The molecule has 1 N–H and O–H groups in total. The molecular formula is C14H17F2N3. The fourth-order valence-corrected chi connectivity index (χ4v) is 2.17. The number of likely N-dealkylation sites (N-methyl/N-ethyl adjacent to an activating group) is 1. The van der Waals surface area contributed by atoms with Gasteiger partial charge in [-0.25, -0.2) is 8.78 Å². The summed E-state index contributed by atoms with van der Waals surface area (Å²) in [5, 5.41) is 7.34. The molecule has 1 heterocycles. The van der Waals surface area contributed by atoms with Crippen molar-refractivity contribution in [2.45, 2.75) is 26.4 Å². The Balaban J connectivity index is 2.30. The third-order valence-electron chi connectivity index (χ3n) is 3.16. The summed E-state index contributed by atoms with van der Waals surface area (Å²) in [7, 11) is 1.72. The van der Waals surface area contributed by atoms with Crippen molar-refractivity contribution in [2.75, 3.05) is 7.05 Å². The predicted octanol–water partition coefficient (Wildman–Crippen LogP) is 2.74. The second-order valence-electron chi connectivity index (χ2n) is 4.59. The van der Waals surface area contributed by atoms with Crippen LogP contribution in [-0.4, -0.2) is 16.8 Å². The summed E-state index contributed by atoms with van der Waals surface area (Å²) >= 11 is 0. The van der Waals surface area contributed by atoms with Crippen LogP contribution >= 0.6 is 0 Å². The molecule has 0 fully saturated rings. The zero-order valence-electron chi connectivity index (χ0n) is 11.2. The van der Waals surface area contributed by atoms with Gasteiger partial charge < -0.3 is 5.32 Å². The van der Waals surface area contributed by atoms with E-state index in [1.54, 1.807) is 17.8 Å². The number of nitrogens with zero attached hydrogens (tertiary/aromatic N) is 2. The normalized spacial score (nSPS) is 12.7. The first-order valence-corrected chi connectivity index (χ1v) is 6.15. The highest BCUT2D eigenvalue weighted by Gasteiger charge is 2.18. The van der Waals surface area contributed by atoms with Gasteiger partial charge in [0.05, 0.1) is 18.3 Å². The van der Waals surface area contributed by atoms with Gasteiger partial charge in [0.15, 0.2) is 11.6 Å². The largest absolute Gasteiger partial charge is 0.311 e. The van der Waals surface area contributed by atoms with E-state index in [4.69, 9.17) is 0 Å². The number of aryl methyl sites for hydroxylation is 2. The molecule has 1 aromatic heterocycles. The minimum absolute atomic E-state index is 0.315. The van der Waals surface area contributed by atoms with Crippen LogP contribution in [0.3, 0.4) is 0 Å². The summed E-state index contributed by atoms with van der Waals surface area (Å²) in [6.45, 7) is 4.30. The molecule has 0 saturated carbocycles. The van der Waals surface area contributed by atoms with Gasteiger partial charge in [0.25, 0.3) is 0 Å². The molecule has 1 unspecified atom stereocenters. The van der Waals surface area contributed by atoms with Crippen molar-refractivity contribution in [3.63, 3.8) is 0 Å². The Kier molecular flexibility index (Phi) is 3.95. The quantitative estimate of drug-likeness (QED) is 0.921. The van der Waals surface area contributed by atoms with Crippen LogP contribution in [0.5, 0.6) is 0 Å². The molecule has 3 nitrogen and oxygen atoms in total. The summed E-state index contributed by atoms with van der Waals surface area (Å²) in [5.74, 6) is -1.63. The Morgan fingerprint density at radius 2 is 2.05 bits per heavy atom. The topological polar surface area (TPSA) is 29.9 Å². The van der Waals surface area contributed by atoms with E-state index in [-0.39, 0.29) is 6.04 Å². The first-order valence-electron chi connectivity index (χ1n) is 6.15. The molecule has 2 rings (SSSR count). The second-order valence-corrected chi connectivity index (χ2v) is 4.59. The lowest BCUT2D eigenvalue weighted by Crippen LogP contribution is -2.24. The fraction of sp³-hybridized carbons (Fsp3) is 0.357. The number of aromatic nitrogens is 2. The number of hydrogen-bond acceptors (Lipinski definition) is 2. The Morgan fingerprint density at radius 1 is 1.32 bits per heavy atom. The maximum Gasteiger partial charge on any atom is 0.163 e. The van der Waals surface area contributed by atoms with Gasteiger partial charge in [0.2, 0.25) is 0 Å². The molecule has 5 heteroatoms. The average Bonchev–Trinajstić information content (AvgIpc) is 2.68. The molecule has 2 aromatic rings. The summed E-state index contributed by atoms with van der Waals surface area (Å²) in [6.07, 6.45) is 0. The monoisotopic (exact) mass is 265 g/mol. The molecule has 0 saturated heterocycles. The van der Waals surface area contributed by atoms with E-state index in [9.17, 15) is 8.78 Å². The van der Waals surface area contributed by atoms with Crippen LogP contribution in [0.25, 0.3) is 0 Å². The Bertz CT molecular complexity index is 578. The molecule has 0 aliphatic carbocycles. The number of hydrogen-bond donors (Lipinski definition) is 1. The summed E-state index contributed by atoms with van der Waals surface area (Å²) in [5.41, 5.74) is 2.22. The highest BCUT2D eigenvalue weighted by atomic mass is 19.2. The van der Waals surface area contributed by atoms with Crippen molar-refractivity contribution in [1.29, 1.82) is 0 Å². The molecule has 0 bridgehead atoms. The number of rotatable bonds is 4. The minimum atomic E-state index is -0.828. The van der Waals surface area contributed by atoms with E-state index in [1.165, 1.54) is 6.07 Å². The van der Waals surface area contributed by atoms with Gasteiger partial charge in [-0.2, -0.15) is 5.10 Å². The molecule has 0 spiro atoms. The van der Waals surface area contributed by atoms with Gasteiger partial charge in [-0.05, 0) is 33.0 Å². The predicted molar refractivity (Wildman–Crippen MR) is 69.9 cm³/mol. The Hall–Kier alpha value is -1.75. The van der Waals surface area contributed by atoms with Gasteiger partial charge in [-0.1, -0.05) is 12.1 Å². The molecule has 0 amide bonds. The lowest BCUT2D eigenvalue weighted by molar-refractivity contribution is 0.426. The second kappa shape index (κ2) is 5.48. The Morgan fingerprint density at radius 3 is 2.63 bits per heavy atom. The summed E-state index contributed by atoms with van der Waals surface area (Å²) < 4.78 is 28.9. The van der Waals surface area contributed by atoms with Crippen LogP contribution in [-0.2, 0) is 6.54 Å². The number of benzene rings is 1. The number of halogens is 2. The highest BCUT2D eigenvalue weighted by Crippen LogP contribution is 2.21. The molecule has 0 aliphatic rings. The smallest absolute Gasteiger partial charge is 0.163 e. The van der Waals surface area contributed by atoms with Crippen LogP contribution in [0.15, 0.2) is 24.3 Å². The van der Waals surface area contributed by atoms with Gasteiger partial charge in [0.1, 0.15) is 0 Å². The van der Waals surface area contributed by atoms with E-state index < -0.39 is 11.6 Å². The zero-order chi connectivity index (χ0) is 14.0. The molecule has 0 radical (unpaired) electrons. The highest BCUT2D eigenvalue weighted by molar-refractivity contribution is 5.22. The standard InChI is InChI=1S/C14H17F2N3/c1-9-7-10(2)19(18-9)8-13(17-3)11-5-4-6-12(15)14(11)16/h4-7,13,17H,8H2,1-3H3. The lowest BCUT2D eigenvalue weighted by Gasteiger charge is -2.18. The van der Waals surface area contributed by atoms with E-state index in [1.807, 2.05) is 19.9 Å². The number of nitrogens with one attached hydrogen (secondary N) is 1. The minimum Gasteiger partial charge on any atom is -0.311 e. The SMILES string of the molecule is CNC(Cn1nc(C)cc1C)c1cccc(F)c1F. The van der Waals surface area contributed by atoms with E-state index in [2.05, 4.69) is 10.4 Å². The molecule has 0 aliphatic heterocycles. The van der Waals surface area contributed by atoms with Gasteiger partial charge in [-0.3, -0.25) is 4.68 Å². The van der Waals surface area contributed by atoms with Crippen molar-refractivity contribution >= 4 is 0 Å². The Labute approximate surface area is 111 Å². The van der Waals surface area contributed by atoms with Gasteiger partial charge in [0, 0.05) is 11.3 Å². The molecule has 1 aromatic carbocycles. The first kappa shape index (κ1) is 13.7. The molecule has 1 atom stereocenters. The van der Waals surface area contributed by atoms with Crippen LogP contribution in [0.4, 0.5) is 8.78 Å². The molecular weight excluding hydrogens is 248 g/mol. The lowest BCUT2D eigenvalue weighted by atomic mass is 10.1. The molecule has 19 heavy (non-hydrogen) atoms. The maximum atomic E-state index is 13.8.